The summed E-state index contributed by atoms with van der Waals surface area (Å²) >= 11 is 3.65. The quantitative estimate of drug-likeness (QED) is 0.410. The lowest BCUT2D eigenvalue weighted by Gasteiger charge is -2.36. The second-order valence-electron chi connectivity index (χ2n) is 8.36. The molecule has 2 amide bonds. The first-order valence-electron chi connectivity index (χ1n) is 10.3. The van der Waals surface area contributed by atoms with Gasteiger partial charge in [0, 0.05) is 53.6 Å². The van der Waals surface area contributed by atoms with Gasteiger partial charge in [-0.2, -0.15) is 0 Å². The predicted octanol–water partition coefficient (Wildman–Crippen LogP) is 2.88. The number of hydrogen-bond donors (Lipinski definition) is 1. The van der Waals surface area contributed by atoms with Crippen LogP contribution in [0.4, 0.5) is 0 Å². The zero-order valence-electron chi connectivity index (χ0n) is 15.8. The average Bonchev–Trinajstić information content (AvgIpc) is 2.67. The van der Waals surface area contributed by atoms with Gasteiger partial charge < -0.3 is 10.2 Å². The SMILES string of the molecule is O=C(NC1CCCC(Br)C1)C1CCN(C(=O)C2CCC([N+](=O)[O-])CC2)CC1. The van der Waals surface area contributed by atoms with Gasteiger partial charge in [0.1, 0.15) is 0 Å². The Balaban J connectivity index is 1.41. The Morgan fingerprint density at radius 2 is 1.63 bits per heavy atom. The van der Waals surface area contributed by atoms with Crippen LogP contribution in [-0.2, 0) is 9.59 Å². The van der Waals surface area contributed by atoms with Crippen molar-refractivity contribution in [2.45, 2.75) is 81.1 Å². The summed E-state index contributed by atoms with van der Waals surface area (Å²) < 4.78 is 0. The molecule has 3 rings (SSSR count). The van der Waals surface area contributed by atoms with Gasteiger partial charge in [-0.1, -0.05) is 22.4 Å². The van der Waals surface area contributed by atoms with Gasteiger partial charge in [-0.25, -0.2) is 0 Å². The van der Waals surface area contributed by atoms with E-state index in [-0.39, 0.29) is 34.6 Å². The van der Waals surface area contributed by atoms with Crippen molar-refractivity contribution in [2.24, 2.45) is 11.8 Å². The van der Waals surface area contributed by atoms with Gasteiger partial charge in [-0.3, -0.25) is 19.7 Å². The van der Waals surface area contributed by atoms with Gasteiger partial charge in [0.15, 0.2) is 0 Å². The van der Waals surface area contributed by atoms with E-state index >= 15 is 0 Å². The Morgan fingerprint density at radius 3 is 2.22 bits per heavy atom. The third kappa shape index (κ3) is 5.42. The molecule has 0 aromatic carbocycles. The van der Waals surface area contributed by atoms with Crippen molar-refractivity contribution in [3.05, 3.63) is 10.1 Å². The molecule has 0 bridgehead atoms. The minimum atomic E-state index is -0.484. The van der Waals surface area contributed by atoms with Crippen LogP contribution < -0.4 is 5.32 Å². The predicted molar refractivity (Wildman–Crippen MR) is 105 cm³/mol. The summed E-state index contributed by atoms with van der Waals surface area (Å²) in [5, 5.41) is 14.1. The molecule has 7 nitrogen and oxygen atoms in total. The number of amides is 2. The van der Waals surface area contributed by atoms with Gasteiger partial charge in [0.2, 0.25) is 17.9 Å². The van der Waals surface area contributed by atoms with E-state index < -0.39 is 6.04 Å². The molecule has 152 valence electrons. The smallest absolute Gasteiger partial charge is 0.225 e. The highest BCUT2D eigenvalue weighted by Gasteiger charge is 2.36. The highest BCUT2D eigenvalue weighted by atomic mass is 79.9. The first kappa shape index (κ1) is 20.6. The van der Waals surface area contributed by atoms with Crippen LogP contribution in [0.25, 0.3) is 0 Å². The summed E-state index contributed by atoms with van der Waals surface area (Å²) in [6, 6.07) is -0.213. The van der Waals surface area contributed by atoms with Crippen LogP contribution in [0.15, 0.2) is 0 Å². The number of nitrogens with zero attached hydrogens (tertiary/aromatic N) is 2. The number of carbonyl (C=O) groups is 2. The van der Waals surface area contributed by atoms with Crippen molar-refractivity contribution in [1.82, 2.24) is 10.2 Å². The number of piperidine rings is 1. The number of carbonyl (C=O) groups excluding carboxylic acids is 2. The van der Waals surface area contributed by atoms with E-state index in [0.717, 1.165) is 19.3 Å². The lowest BCUT2D eigenvalue weighted by atomic mass is 9.84. The summed E-state index contributed by atoms with van der Waals surface area (Å²) in [6.45, 7) is 1.25. The summed E-state index contributed by atoms with van der Waals surface area (Å²) in [6.07, 6.45) is 8.02. The largest absolute Gasteiger partial charge is 0.353 e. The number of likely N-dealkylation sites (tertiary alicyclic amines) is 1. The van der Waals surface area contributed by atoms with Crippen LogP contribution in [0.3, 0.4) is 0 Å². The Bertz CT molecular complexity index is 557. The first-order valence-corrected chi connectivity index (χ1v) is 11.2. The van der Waals surface area contributed by atoms with Crippen molar-refractivity contribution in [1.29, 1.82) is 0 Å². The van der Waals surface area contributed by atoms with Crippen LogP contribution in [0.5, 0.6) is 0 Å². The van der Waals surface area contributed by atoms with E-state index in [0.29, 0.717) is 56.4 Å². The normalized spacial score (nSPS) is 32.7. The molecule has 27 heavy (non-hydrogen) atoms. The third-order valence-corrected chi connectivity index (χ3v) is 7.31. The van der Waals surface area contributed by atoms with E-state index in [4.69, 9.17) is 0 Å². The van der Waals surface area contributed by atoms with E-state index in [9.17, 15) is 19.7 Å². The Hall–Kier alpha value is -1.18. The van der Waals surface area contributed by atoms with Gasteiger partial charge >= 0.3 is 0 Å². The molecule has 2 unspecified atom stereocenters. The number of alkyl halides is 1. The molecule has 2 saturated carbocycles. The maximum Gasteiger partial charge on any atom is 0.225 e. The van der Waals surface area contributed by atoms with E-state index in [1.807, 2.05) is 4.90 Å². The van der Waals surface area contributed by atoms with Crippen LogP contribution in [0.2, 0.25) is 0 Å². The average molecular weight is 444 g/mol. The van der Waals surface area contributed by atoms with Crippen LogP contribution in [0, 0.1) is 22.0 Å². The fourth-order valence-corrected chi connectivity index (χ4v) is 5.51. The number of nitro groups is 1. The van der Waals surface area contributed by atoms with Crippen molar-refractivity contribution in [3.8, 4) is 0 Å². The first-order chi connectivity index (χ1) is 12.9. The molecule has 3 fully saturated rings. The van der Waals surface area contributed by atoms with Crippen LogP contribution in [0.1, 0.15) is 64.2 Å². The second-order valence-corrected chi connectivity index (χ2v) is 9.65. The monoisotopic (exact) mass is 443 g/mol. The number of hydrogen-bond acceptors (Lipinski definition) is 4. The maximum absolute atomic E-state index is 12.7. The molecule has 0 aromatic heterocycles. The highest BCUT2D eigenvalue weighted by molar-refractivity contribution is 9.09. The molecule has 0 spiro atoms. The molecular weight excluding hydrogens is 414 g/mol. The van der Waals surface area contributed by atoms with Gasteiger partial charge in [-0.05, 0) is 44.9 Å². The lowest BCUT2D eigenvalue weighted by molar-refractivity contribution is -0.526. The molecule has 1 saturated heterocycles. The lowest BCUT2D eigenvalue weighted by Crippen LogP contribution is -2.48. The molecule has 0 radical (unpaired) electrons. The minimum absolute atomic E-state index is 0.00465. The van der Waals surface area contributed by atoms with Crippen molar-refractivity contribution in [3.63, 3.8) is 0 Å². The van der Waals surface area contributed by atoms with Crippen molar-refractivity contribution in [2.75, 3.05) is 13.1 Å². The van der Waals surface area contributed by atoms with E-state index in [1.165, 1.54) is 6.42 Å². The zero-order chi connectivity index (χ0) is 19.4. The Labute approximate surface area is 168 Å². The molecule has 1 heterocycles. The van der Waals surface area contributed by atoms with Gasteiger partial charge in [-0.15, -0.1) is 0 Å². The Morgan fingerprint density at radius 1 is 0.963 bits per heavy atom. The maximum atomic E-state index is 12.7. The molecule has 0 aromatic rings. The molecule has 1 aliphatic heterocycles. The summed E-state index contributed by atoms with van der Waals surface area (Å²) in [5.74, 6) is 0.185. The third-order valence-electron chi connectivity index (χ3n) is 6.48. The van der Waals surface area contributed by atoms with E-state index in [2.05, 4.69) is 21.2 Å². The minimum Gasteiger partial charge on any atom is -0.353 e. The standard InChI is InChI=1S/C19H30BrN3O4/c20-15-2-1-3-16(12-15)21-18(24)13-8-10-22(11-9-13)19(25)14-4-6-17(7-5-14)23(26)27/h13-17H,1-12H2,(H,21,24). The summed E-state index contributed by atoms with van der Waals surface area (Å²) in [4.78, 5) is 38.3. The molecule has 3 aliphatic rings. The molecule has 2 aliphatic carbocycles. The number of halogens is 1. The van der Waals surface area contributed by atoms with Crippen molar-refractivity contribution < 1.29 is 14.5 Å². The zero-order valence-corrected chi connectivity index (χ0v) is 17.4. The fraction of sp³-hybridized carbons (Fsp3) is 0.895. The van der Waals surface area contributed by atoms with Gasteiger partial charge in [0.25, 0.3) is 0 Å². The molecule has 2 atom stereocenters. The second kappa shape index (κ2) is 9.34. The topological polar surface area (TPSA) is 92.6 Å². The highest BCUT2D eigenvalue weighted by Crippen LogP contribution is 2.29. The molecule has 1 N–H and O–H groups in total. The fourth-order valence-electron chi connectivity index (χ4n) is 4.73. The van der Waals surface area contributed by atoms with Crippen molar-refractivity contribution >= 4 is 27.7 Å². The van der Waals surface area contributed by atoms with Crippen LogP contribution in [-0.4, -0.2) is 51.6 Å². The number of rotatable bonds is 4. The van der Waals surface area contributed by atoms with E-state index in [1.54, 1.807) is 0 Å². The molecule has 8 heteroatoms. The van der Waals surface area contributed by atoms with Crippen LogP contribution >= 0.6 is 15.9 Å². The Kier molecular flexibility index (Phi) is 7.11. The van der Waals surface area contributed by atoms with Gasteiger partial charge in [0.05, 0.1) is 0 Å². The number of nitrogens with one attached hydrogen (secondary N) is 1. The summed E-state index contributed by atoms with van der Waals surface area (Å²) in [5.41, 5.74) is 0. The summed E-state index contributed by atoms with van der Waals surface area (Å²) in [7, 11) is 0. The molecular formula is C19H30BrN3O4.